The molecule has 0 spiro atoms. The van der Waals surface area contributed by atoms with Crippen molar-refractivity contribution in [3.05, 3.63) is 28.0 Å². The van der Waals surface area contributed by atoms with Gasteiger partial charge in [0.15, 0.2) is 0 Å². The fraction of sp³-hybridized carbons (Fsp3) is 0.500. The molecule has 0 saturated carbocycles. The van der Waals surface area contributed by atoms with Crippen molar-refractivity contribution >= 4 is 27.5 Å². The molecule has 1 fully saturated rings. The van der Waals surface area contributed by atoms with Gasteiger partial charge in [0.2, 0.25) is 0 Å². The summed E-state index contributed by atoms with van der Waals surface area (Å²) in [6.45, 7) is 3.53. The molecule has 0 aliphatic carbocycles. The number of nitrogens with one attached hydrogen (secondary N) is 1. The van der Waals surface area contributed by atoms with E-state index < -0.39 is 17.8 Å². The molecule has 1 heterocycles. The molecule has 1 aromatic carbocycles. The first kappa shape index (κ1) is 17.1. The van der Waals surface area contributed by atoms with Gasteiger partial charge in [0.25, 0.3) is 5.91 Å². The van der Waals surface area contributed by atoms with Gasteiger partial charge in [-0.25, -0.2) is 4.39 Å². The number of carbonyl (C=O) groups excluding carboxylic acids is 1. The highest BCUT2D eigenvalue weighted by atomic mass is 79.9. The third-order valence-electron chi connectivity index (χ3n) is 3.40. The molecule has 0 bridgehead atoms. The fourth-order valence-electron chi connectivity index (χ4n) is 2.34. The zero-order valence-corrected chi connectivity index (χ0v) is 13.6. The van der Waals surface area contributed by atoms with E-state index in [0.29, 0.717) is 24.2 Å². The predicted octanol–water partition coefficient (Wildman–Crippen LogP) is 0.792. The lowest BCUT2D eigenvalue weighted by Crippen LogP contribution is -2.42. The van der Waals surface area contributed by atoms with E-state index in [1.165, 1.54) is 6.07 Å². The molecule has 0 radical (unpaired) electrons. The van der Waals surface area contributed by atoms with Crippen molar-refractivity contribution in [1.29, 1.82) is 0 Å². The number of nitrogens with zero attached hydrogens (tertiary/aromatic N) is 1. The molecular weight excluding hydrogens is 357 g/mol. The fourth-order valence-corrected chi connectivity index (χ4v) is 2.77. The summed E-state index contributed by atoms with van der Waals surface area (Å²) < 4.78 is 19.5. The Labute approximate surface area is 136 Å². The number of aliphatic hydroxyl groups excluding tert-OH is 1. The number of benzene rings is 1. The van der Waals surface area contributed by atoms with Gasteiger partial charge in [0, 0.05) is 30.7 Å². The van der Waals surface area contributed by atoms with Crippen LogP contribution in [0.1, 0.15) is 10.4 Å². The smallest absolute Gasteiger partial charge is 0.253 e. The van der Waals surface area contributed by atoms with Crippen molar-refractivity contribution in [3.63, 3.8) is 0 Å². The van der Waals surface area contributed by atoms with Crippen molar-refractivity contribution in [1.82, 2.24) is 4.90 Å². The number of β-amino-alcohol motifs (C(OH)–C–C–N with tert-alkyl or cyclic N) is 1. The quantitative estimate of drug-likeness (QED) is 0.684. The summed E-state index contributed by atoms with van der Waals surface area (Å²) >= 11 is 3.17. The third-order valence-corrected chi connectivity index (χ3v) is 3.86. The summed E-state index contributed by atoms with van der Waals surface area (Å²) in [5.74, 6) is -1.55. The molecule has 122 valence electrons. The highest BCUT2D eigenvalue weighted by molar-refractivity contribution is 9.10. The number of anilines is 1. The second-order valence-corrected chi connectivity index (χ2v) is 6.04. The van der Waals surface area contributed by atoms with Gasteiger partial charge in [-0.3, -0.25) is 9.69 Å². The van der Waals surface area contributed by atoms with Gasteiger partial charge in [-0.1, -0.05) is 15.9 Å². The molecule has 22 heavy (non-hydrogen) atoms. The minimum Gasteiger partial charge on any atom is -0.390 e. The Morgan fingerprint density at radius 3 is 2.82 bits per heavy atom. The summed E-state index contributed by atoms with van der Waals surface area (Å²) in [5, 5.41) is 13.0. The Hall–Kier alpha value is -1.22. The lowest BCUT2D eigenvalue weighted by atomic mass is 10.1. The molecule has 6 nitrogen and oxygen atoms in total. The number of hydrogen-bond donors (Lipinski definition) is 3. The van der Waals surface area contributed by atoms with E-state index in [2.05, 4.69) is 26.1 Å². The molecule has 2 rings (SSSR count). The van der Waals surface area contributed by atoms with E-state index in [-0.39, 0.29) is 17.8 Å². The number of amides is 1. The summed E-state index contributed by atoms with van der Waals surface area (Å²) in [4.78, 5) is 13.4. The van der Waals surface area contributed by atoms with Crippen LogP contribution in [0.15, 0.2) is 16.6 Å². The normalized spacial score (nSPS) is 17.2. The maximum absolute atomic E-state index is 13.8. The monoisotopic (exact) mass is 375 g/mol. The molecule has 8 heteroatoms. The molecule has 1 amide bonds. The topological polar surface area (TPSA) is 87.8 Å². The minimum absolute atomic E-state index is 0.188. The Morgan fingerprint density at radius 1 is 1.50 bits per heavy atom. The second-order valence-electron chi connectivity index (χ2n) is 5.12. The van der Waals surface area contributed by atoms with Gasteiger partial charge in [0.1, 0.15) is 5.82 Å². The first-order valence-electron chi connectivity index (χ1n) is 6.98. The van der Waals surface area contributed by atoms with Gasteiger partial charge < -0.3 is 20.9 Å². The van der Waals surface area contributed by atoms with Crippen molar-refractivity contribution in [2.45, 2.75) is 6.10 Å². The Bertz CT molecular complexity index is 538. The van der Waals surface area contributed by atoms with Crippen LogP contribution in [0.5, 0.6) is 0 Å². The highest BCUT2D eigenvalue weighted by Gasteiger charge is 2.18. The van der Waals surface area contributed by atoms with Gasteiger partial charge in [-0.05, 0) is 12.1 Å². The first-order valence-corrected chi connectivity index (χ1v) is 7.77. The van der Waals surface area contributed by atoms with Crippen molar-refractivity contribution in [2.24, 2.45) is 5.73 Å². The first-order chi connectivity index (χ1) is 10.5. The van der Waals surface area contributed by atoms with Crippen LogP contribution >= 0.6 is 15.9 Å². The van der Waals surface area contributed by atoms with Gasteiger partial charge in [-0.2, -0.15) is 0 Å². The Morgan fingerprint density at radius 2 is 2.18 bits per heavy atom. The summed E-state index contributed by atoms with van der Waals surface area (Å²) in [5.41, 5.74) is 5.26. The van der Waals surface area contributed by atoms with Crippen molar-refractivity contribution in [2.75, 3.05) is 44.7 Å². The molecule has 1 atom stereocenters. The van der Waals surface area contributed by atoms with Crippen LogP contribution in [0.3, 0.4) is 0 Å². The predicted molar refractivity (Wildman–Crippen MR) is 84.4 cm³/mol. The largest absolute Gasteiger partial charge is 0.390 e. The second kappa shape index (κ2) is 7.87. The van der Waals surface area contributed by atoms with E-state index in [4.69, 9.17) is 10.5 Å². The van der Waals surface area contributed by atoms with E-state index in [1.807, 2.05) is 0 Å². The zero-order valence-electron chi connectivity index (χ0n) is 12.0. The summed E-state index contributed by atoms with van der Waals surface area (Å²) in [6.07, 6.45) is -0.652. The summed E-state index contributed by atoms with van der Waals surface area (Å²) in [6, 6.07) is 2.74. The van der Waals surface area contributed by atoms with E-state index >= 15 is 0 Å². The van der Waals surface area contributed by atoms with E-state index in [1.54, 1.807) is 6.07 Å². The van der Waals surface area contributed by atoms with Gasteiger partial charge in [-0.15, -0.1) is 0 Å². The number of ether oxygens (including phenoxy) is 1. The molecule has 0 aromatic heterocycles. The van der Waals surface area contributed by atoms with E-state index in [0.717, 1.165) is 13.1 Å². The lowest BCUT2D eigenvalue weighted by molar-refractivity contribution is 0.0171. The average Bonchev–Trinajstić information content (AvgIpc) is 2.45. The van der Waals surface area contributed by atoms with Crippen LogP contribution in [-0.2, 0) is 4.74 Å². The van der Waals surface area contributed by atoms with Crippen LogP contribution in [0, 0.1) is 5.82 Å². The van der Waals surface area contributed by atoms with Gasteiger partial charge >= 0.3 is 0 Å². The number of nitrogens with two attached hydrogens (primary N) is 1. The lowest BCUT2D eigenvalue weighted by Gasteiger charge is -2.28. The highest BCUT2D eigenvalue weighted by Crippen LogP contribution is 2.24. The number of halogens is 2. The van der Waals surface area contributed by atoms with Crippen LogP contribution in [0.4, 0.5) is 10.1 Å². The SMILES string of the molecule is NC(=O)c1c(F)cc(Br)cc1NCC(O)CN1CCOCC1. The van der Waals surface area contributed by atoms with Crippen LogP contribution in [-0.4, -0.2) is 61.4 Å². The standard InChI is InChI=1S/C14H19BrFN3O3/c15-9-5-11(16)13(14(17)21)12(6-9)18-7-10(20)8-19-1-3-22-4-2-19/h5-6,10,18,20H,1-4,7-8H2,(H2,17,21). The number of hydrogen-bond acceptors (Lipinski definition) is 5. The van der Waals surface area contributed by atoms with Crippen molar-refractivity contribution < 1.29 is 19.0 Å². The molecule has 1 unspecified atom stereocenters. The van der Waals surface area contributed by atoms with Crippen molar-refractivity contribution in [3.8, 4) is 0 Å². The molecule has 1 aliphatic heterocycles. The average molecular weight is 376 g/mol. The zero-order chi connectivity index (χ0) is 16.1. The molecule has 1 saturated heterocycles. The number of aliphatic hydroxyl groups is 1. The maximum atomic E-state index is 13.8. The van der Waals surface area contributed by atoms with Gasteiger partial charge in [0.05, 0.1) is 30.6 Å². The van der Waals surface area contributed by atoms with Crippen LogP contribution in [0.2, 0.25) is 0 Å². The number of primary amides is 1. The summed E-state index contributed by atoms with van der Waals surface area (Å²) in [7, 11) is 0. The molecule has 1 aliphatic rings. The van der Waals surface area contributed by atoms with Crippen LogP contribution < -0.4 is 11.1 Å². The Balaban J connectivity index is 1.96. The maximum Gasteiger partial charge on any atom is 0.253 e. The third kappa shape index (κ3) is 4.64. The molecular formula is C14H19BrFN3O3. The minimum atomic E-state index is -0.852. The number of rotatable bonds is 6. The number of morpholine rings is 1. The molecule has 4 N–H and O–H groups in total. The molecule has 1 aromatic rings. The van der Waals surface area contributed by atoms with Crippen LogP contribution in [0.25, 0.3) is 0 Å². The Kier molecular flexibility index (Phi) is 6.13. The number of carbonyl (C=O) groups is 1. The van der Waals surface area contributed by atoms with E-state index in [9.17, 15) is 14.3 Å².